The van der Waals surface area contributed by atoms with Gasteiger partial charge in [0.2, 0.25) is 5.91 Å². The van der Waals surface area contributed by atoms with E-state index in [1.165, 1.54) is 0 Å². The molecule has 0 saturated carbocycles. The summed E-state index contributed by atoms with van der Waals surface area (Å²) in [4.78, 5) is 22.9. The van der Waals surface area contributed by atoms with Crippen LogP contribution in [0.3, 0.4) is 0 Å². The van der Waals surface area contributed by atoms with Crippen LogP contribution in [-0.2, 0) is 10.2 Å². The molecule has 1 atom stereocenters. The maximum absolute atomic E-state index is 14.4. The molecule has 178 valence electrons. The summed E-state index contributed by atoms with van der Waals surface area (Å²) in [5.41, 5.74) is 2.22. The Hall–Kier alpha value is -3.54. The summed E-state index contributed by atoms with van der Waals surface area (Å²) in [5, 5.41) is 0. The molecule has 4 rings (SSSR count). The number of rotatable bonds is 7. The third-order valence-electron chi connectivity index (χ3n) is 6.82. The molecule has 0 aliphatic carbocycles. The first kappa shape index (κ1) is 23.6. The van der Waals surface area contributed by atoms with E-state index in [0.717, 1.165) is 54.4 Å². The number of ether oxygens (including phenoxy) is 2. The van der Waals surface area contributed by atoms with E-state index in [1.54, 1.807) is 26.6 Å². The third-order valence-corrected chi connectivity index (χ3v) is 6.82. The number of methoxy groups -OCH3 is 2. The van der Waals surface area contributed by atoms with E-state index in [9.17, 15) is 4.79 Å². The van der Waals surface area contributed by atoms with Gasteiger partial charge in [0.05, 0.1) is 37.2 Å². The lowest BCUT2D eigenvalue weighted by molar-refractivity contribution is -0.124. The zero-order valence-electron chi connectivity index (χ0n) is 20.2. The maximum Gasteiger partial charge on any atom is 0.237 e. The number of para-hydroxylation sites is 2. The molecule has 2 heterocycles. The fourth-order valence-corrected chi connectivity index (χ4v) is 5.03. The van der Waals surface area contributed by atoms with Crippen LogP contribution >= 0.6 is 0 Å². The van der Waals surface area contributed by atoms with Crippen LogP contribution in [0.5, 0.6) is 11.5 Å². The van der Waals surface area contributed by atoms with E-state index >= 15 is 0 Å². The molecule has 1 aliphatic heterocycles. The molecule has 3 aromatic rings. The van der Waals surface area contributed by atoms with E-state index < -0.39 is 5.41 Å². The molecule has 34 heavy (non-hydrogen) atoms. The predicted molar refractivity (Wildman–Crippen MR) is 136 cm³/mol. The molecule has 0 bridgehead atoms. The van der Waals surface area contributed by atoms with Crippen molar-refractivity contribution in [3.05, 3.63) is 78.6 Å². The van der Waals surface area contributed by atoms with Gasteiger partial charge in [0.15, 0.2) is 0 Å². The van der Waals surface area contributed by atoms with Crippen LogP contribution in [0.15, 0.2) is 73.1 Å². The van der Waals surface area contributed by atoms with Crippen molar-refractivity contribution in [2.45, 2.75) is 31.6 Å². The second kappa shape index (κ2) is 10.6. The maximum atomic E-state index is 14.4. The summed E-state index contributed by atoms with van der Waals surface area (Å²) in [6.07, 6.45) is 5.82. The Bertz CT molecular complexity index is 1100. The predicted octanol–water partition coefficient (Wildman–Crippen LogP) is 5.08. The molecule has 0 radical (unpaired) electrons. The zero-order chi connectivity index (χ0) is 24.0. The highest BCUT2D eigenvalue weighted by Gasteiger charge is 2.44. The number of nitrogens with zero attached hydrogens (tertiary/aromatic N) is 3. The smallest absolute Gasteiger partial charge is 0.237 e. The summed E-state index contributed by atoms with van der Waals surface area (Å²) in [6, 6.07) is 19.9. The van der Waals surface area contributed by atoms with Gasteiger partial charge >= 0.3 is 0 Å². The molecule has 1 aliphatic rings. The van der Waals surface area contributed by atoms with Gasteiger partial charge in [-0.1, -0.05) is 24.3 Å². The molecular weight excluding hydrogens is 426 g/mol. The Morgan fingerprint density at radius 3 is 2.62 bits per heavy atom. The van der Waals surface area contributed by atoms with E-state index in [-0.39, 0.29) is 5.91 Å². The standard InChI is InChI=1S/C28H33N3O3/c1-4-31(23-11-8-17-29-21-23)27(32)28(22-10-7-12-24(20-22)33-2)15-9-18-30(19-16-28)25-13-5-6-14-26(25)34-3/h5-8,10-14,17,20-21H,4,9,15-16,18-19H2,1-3H3. The number of hydrogen-bond donors (Lipinski definition) is 0. The van der Waals surface area contributed by atoms with Crippen LogP contribution in [0.1, 0.15) is 31.7 Å². The van der Waals surface area contributed by atoms with Crippen LogP contribution in [0.25, 0.3) is 0 Å². The SMILES string of the molecule is CCN(C(=O)C1(c2cccc(OC)c2)CCCN(c2ccccc2OC)CC1)c1cccnc1. The molecule has 1 fully saturated rings. The van der Waals surface area contributed by atoms with Gasteiger partial charge in [-0.05, 0) is 68.1 Å². The highest BCUT2D eigenvalue weighted by atomic mass is 16.5. The van der Waals surface area contributed by atoms with Crippen molar-refractivity contribution in [2.75, 3.05) is 43.7 Å². The molecular formula is C28H33N3O3. The molecule has 0 N–H and O–H groups in total. The average molecular weight is 460 g/mol. The first-order valence-electron chi connectivity index (χ1n) is 11.9. The minimum absolute atomic E-state index is 0.109. The molecule has 1 saturated heterocycles. The minimum atomic E-state index is -0.669. The fraction of sp³-hybridized carbons (Fsp3) is 0.357. The number of pyridine rings is 1. The summed E-state index contributed by atoms with van der Waals surface area (Å²) < 4.78 is 11.2. The molecule has 6 heteroatoms. The van der Waals surface area contributed by atoms with Gasteiger partial charge in [-0.3, -0.25) is 9.78 Å². The number of anilines is 2. The van der Waals surface area contributed by atoms with Crippen LogP contribution in [-0.4, -0.2) is 44.7 Å². The number of likely N-dealkylation sites (N-methyl/N-ethyl adjacent to an activating group) is 1. The normalized spacial score (nSPS) is 18.1. The average Bonchev–Trinajstić information content (AvgIpc) is 3.13. The summed E-state index contributed by atoms with van der Waals surface area (Å²) in [5.74, 6) is 1.73. The van der Waals surface area contributed by atoms with Gasteiger partial charge in [0.1, 0.15) is 11.5 Å². The van der Waals surface area contributed by atoms with Gasteiger partial charge in [-0.2, -0.15) is 0 Å². The Labute approximate surface area is 202 Å². The Balaban J connectivity index is 1.75. The summed E-state index contributed by atoms with van der Waals surface area (Å²) in [6.45, 7) is 4.20. The Morgan fingerprint density at radius 2 is 1.88 bits per heavy atom. The van der Waals surface area contributed by atoms with Gasteiger partial charge in [0.25, 0.3) is 0 Å². The number of amides is 1. The molecule has 1 unspecified atom stereocenters. The lowest BCUT2D eigenvalue weighted by atomic mass is 9.73. The van der Waals surface area contributed by atoms with E-state index in [0.29, 0.717) is 13.0 Å². The van der Waals surface area contributed by atoms with Crippen LogP contribution < -0.4 is 19.3 Å². The number of carbonyl (C=O) groups excluding carboxylic acids is 1. The van der Waals surface area contributed by atoms with Gasteiger partial charge < -0.3 is 19.3 Å². The number of hydrogen-bond acceptors (Lipinski definition) is 5. The van der Waals surface area contributed by atoms with E-state index in [2.05, 4.69) is 22.0 Å². The molecule has 1 amide bonds. The van der Waals surface area contributed by atoms with Crippen molar-refractivity contribution in [1.82, 2.24) is 4.98 Å². The van der Waals surface area contributed by atoms with Crippen LogP contribution in [0.2, 0.25) is 0 Å². The monoisotopic (exact) mass is 459 g/mol. The lowest BCUT2D eigenvalue weighted by Crippen LogP contribution is -2.48. The molecule has 0 spiro atoms. The van der Waals surface area contributed by atoms with Crippen molar-refractivity contribution in [3.63, 3.8) is 0 Å². The van der Waals surface area contributed by atoms with E-state index in [1.807, 2.05) is 60.4 Å². The summed E-state index contributed by atoms with van der Waals surface area (Å²) in [7, 11) is 3.37. The molecule has 1 aromatic heterocycles. The van der Waals surface area contributed by atoms with Crippen molar-refractivity contribution >= 4 is 17.3 Å². The third kappa shape index (κ3) is 4.58. The second-order valence-electron chi connectivity index (χ2n) is 8.59. The first-order chi connectivity index (χ1) is 16.6. The number of carbonyl (C=O) groups is 1. The summed E-state index contributed by atoms with van der Waals surface area (Å²) >= 11 is 0. The van der Waals surface area contributed by atoms with Gasteiger partial charge in [0, 0.05) is 25.8 Å². The van der Waals surface area contributed by atoms with Crippen LogP contribution in [0, 0.1) is 0 Å². The fourth-order valence-electron chi connectivity index (χ4n) is 5.03. The number of benzene rings is 2. The number of aromatic nitrogens is 1. The minimum Gasteiger partial charge on any atom is -0.497 e. The quantitative estimate of drug-likeness (QED) is 0.493. The highest BCUT2D eigenvalue weighted by molar-refractivity contribution is 6.01. The lowest BCUT2D eigenvalue weighted by Gasteiger charge is -2.37. The zero-order valence-corrected chi connectivity index (χ0v) is 20.2. The Morgan fingerprint density at radius 1 is 1.03 bits per heavy atom. The van der Waals surface area contributed by atoms with Gasteiger partial charge in [-0.25, -0.2) is 0 Å². The van der Waals surface area contributed by atoms with Crippen molar-refractivity contribution in [2.24, 2.45) is 0 Å². The van der Waals surface area contributed by atoms with E-state index in [4.69, 9.17) is 9.47 Å². The Kier molecular flexibility index (Phi) is 7.36. The van der Waals surface area contributed by atoms with Gasteiger partial charge in [-0.15, -0.1) is 0 Å². The highest BCUT2D eigenvalue weighted by Crippen LogP contribution is 2.41. The first-order valence-corrected chi connectivity index (χ1v) is 11.9. The molecule has 6 nitrogen and oxygen atoms in total. The van der Waals surface area contributed by atoms with Crippen molar-refractivity contribution < 1.29 is 14.3 Å². The van der Waals surface area contributed by atoms with Crippen LogP contribution in [0.4, 0.5) is 11.4 Å². The topological polar surface area (TPSA) is 54.9 Å². The largest absolute Gasteiger partial charge is 0.497 e. The molecule has 2 aromatic carbocycles. The second-order valence-corrected chi connectivity index (χ2v) is 8.59. The van der Waals surface area contributed by atoms with Crippen molar-refractivity contribution in [1.29, 1.82) is 0 Å². The van der Waals surface area contributed by atoms with Crippen molar-refractivity contribution in [3.8, 4) is 11.5 Å².